The Kier molecular flexibility index (Phi) is 3.83. The molecule has 3 rings (SSSR count). The van der Waals surface area contributed by atoms with Crippen LogP contribution in [-0.4, -0.2) is 24.1 Å². The third-order valence-corrected chi connectivity index (χ3v) is 4.26. The van der Waals surface area contributed by atoms with Crippen LogP contribution in [0.1, 0.15) is 11.5 Å². The van der Waals surface area contributed by atoms with E-state index in [0.717, 1.165) is 24.5 Å². The van der Waals surface area contributed by atoms with Gasteiger partial charge in [0, 0.05) is 41.3 Å². The van der Waals surface area contributed by atoms with Crippen molar-refractivity contribution in [2.24, 2.45) is 5.73 Å². The van der Waals surface area contributed by atoms with Crippen LogP contribution in [0.3, 0.4) is 0 Å². The second-order valence-corrected chi connectivity index (χ2v) is 5.87. The first-order valence-electron chi connectivity index (χ1n) is 6.51. The lowest BCUT2D eigenvalue weighted by Gasteiger charge is -2.17. The maximum absolute atomic E-state index is 6.29. The van der Waals surface area contributed by atoms with Gasteiger partial charge in [-0.05, 0) is 29.8 Å². The molecule has 2 N–H and O–H groups in total. The van der Waals surface area contributed by atoms with Gasteiger partial charge in [0.1, 0.15) is 5.82 Å². The molecule has 1 aromatic carbocycles. The lowest BCUT2D eigenvalue weighted by Crippen LogP contribution is -2.29. The number of hydrogen-bond donors (Lipinski definition) is 1. The second-order valence-electron chi connectivity index (χ2n) is 5.03. The van der Waals surface area contributed by atoms with Crippen LogP contribution in [0.25, 0.3) is 0 Å². The number of rotatable bonds is 2. The first-order chi connectivity index (χ1) is 9.65. The Morgan fingerprint density at radius 3 is 2.70 bits per heavy atom. The molecule has 2 atom stereocenters. The summed E-state index contributed by atoms with van der Waals surface area (Å²) in [4.78, 5) is 6.57. The summed E-state index contributed by atoms with van der Waals surface area (Å²) in [6.45, 7) is 1.60. The molecule has 5 heteroatoms. The van der Waals surface area contributed by atoms with E-state index in [-0.39, 0.29) is 12.0 Å². The van der Waals surface area contributed by atoms with Gasteiger partial charge in [0.2, 0.25) is 0 Å². The minimum atomic E-state index is 0.0377. The van der Waals surface area contributed by atoms with Crippen LogP contribution in [0.15, 0.2) is 42.6 Å². The van der Waals surface area contributed by atoms with Gasteiger partial charge in [-0.3, -0.25) is 0 Å². The molecule has 1 aliphatic heterocycles. The van der Waals surface area contributed by atoms with Crippen molar-refractivity contribution in [2.45, 2.75) is 12.0 Å². The summed E-state index contributed by atoms with van der Waals surface area (Å²) in [5.41, 5.74) is 7.34. The number of nitrogens with zero attached hydrogens (tertiary/aromatic N) is 2. The van der Waals surface area contributed by atoms with Gasteiger partial charge in [-0.25, -0.2) is 4.98 Å². The third kappa shape index (κ3) is 2.62. The Morgan fingerprint density at radius 2 is 2.00 bits per heavy atom. The van der Waals surface area contributed by atoms with E-state index >= 15 is 0 Å². The normalized spacial score (nSPS) is 22.2. The largest absolute Gasteiger partial charge is 0.354 e. The molecule has 0 aliphatic carbocycles. The molecular formula is C15H15Cl2N3. The number of pyridine rings is 1. The van der Waals surface area contributed by atoms with Gasteiger partial charge in [0.05, 0.1) is 0 Å². The highest BCUT2D eigenvalue weighted by atomic mass is 35.5. The van der Waals surface area contributed by atoms with E-state index in [1.54, 1.807) is 12.3 Å². The highest BCUT2D eigenvalue weighted by Crippen LogP contribution is 2.34. The SMILES string of the molecule is NC1CN(c2ccccn2)CC1c1ccc(Cl)cc1Cl. The van der Waals surface area contributed by atoms with E-state index in [1.165, 1.54) is 0 Å². The van der Waals surface area contributed by atoms with Crippen molar-refractivity contribution in [1.29, 1.82) is 0 Å². The number of aromatic nitrogens is 1. The van der Waals surface area contributed by atoms with Gasteiger partial charge in [-0.15, -0.1) is 0 Å². The quantitative estimate of drug-likeness (QED) is 0.925. The molecule has 0 spiro atoms. The zero-order valence-electron chi connectivity index (χ0n) is 10.8. The first kappa shape index (κ1) is 13.7. The van der Waals surface area contributed by atoms with Gasteiger partial charge < -0.3 is 10.6 Å². The Morgan fingerprint density at radius 1 is 1.15 bits per heavy atom. The van der Waals surface area contributed by atoms with Gasteiger partial charge in [0.15, 0.2) is 0 Å². The molecule has 104 valence electrons. The van der Waals surface area contributed by atoms with Crippen molar-refractivity contribution in [2.75, 3.05) is 18.0 Å². The molecule has 20 heavy (non-hydrogen) atoms. The molecule has 1 aromatic heterocycles. The summed E-state index contributed by atoms with van der Waals surface area (Å²) in [5, 5.41) is 1.33. The van der Waals surface area contributed by atoms with Gasteiger partial charge in [-0.2, -0.15) is 0 Å². The molecule has 2 aromatic rings. The van der Waals surface area contributed by atoms with Crippen LogP contribution in [0.5, 0.6) is 0 Å². The Labute approximate surface area is 128 Å². The topological polar surface area (TPSA) is 42.1 Å². The summed E-state index contributed by atoms with van der Waals surface area (Å²) >= 11 is 12.2. The van der Waals surface area contributed by atoms with Crippen LogP contribution in [-0.2, 0) is 0 Å². The maximum Gasteiger partial charge on any atom is 0.128 e. The van der Waals surface area contributed by atoms with Crippen molar-refractivity contribution in [3.05, 3.63) is 58.2 Å². The molecule has 3 nitrogen and oxygen atoms in total. The lowest BCUT2D eigenvalue weighted by atomic mass is 9.95. The van der Waals surface area contributed by atoms with E-state index in [0.29, 0.717) is 10.0 Å². The molecular weight excluding hydrogens is 293 g/mol. The zero-order valence-corrected chi connectivity index (χ0v) is 12.3. The fourth-order valence-electron chi connectivity index (χ4n) is 2.69. The Balaban J connectivity index is 1.85. The fourth-order valence-corrected chi connectivity index (χ4v) is 3.24. The van der Waals surface area contributed by atoms with Gasteiger partial charge in [-0.1, -0.05) is 35.3 Å². The standard InChI is InChI=1S/C15H15Cl2N3/c16-10-4-5-11(13(17)7-10)12-8-20(9-14(12)18)15-3-1-2-6-19-15/h1-7,12,14H,8-9,18H2. The molecule has 1 aliphatic rings. The maximum atomic E-state index is 6.29. The number of hydrogen-bond acceptors (Lipinski definition) is 3. The van der Waals surface area contributed by atoms with Crippen LogP contribution in [0.4, 0.5) is 5.82 Å². The number of halogens is 2. The van der Waals surface area contributed by atoms with Crippen LogP contribution < -0.4 is 10.6 Å². The van der Waals surface area contributed by atoms with E-state index in [1.807, 2.05) is 30.3 Å². The zero-order chi connectivity index (χ0) is 14.1. The molecule has 0 saturated carbocycles. The summed E-state index contributed by atoms with van der Waals surface area (Å²) in [7, 11) is 0. The summed E-state index contributed by atoms with van der Waals surface area (Å²) in [6.07, 6.45) is 1.80. The lowest BCUT2D eigenvalue weighted by molar-refractivity contribution is 0.653. The van der Waals surface area contributed by atoms with Crippen molar-refractivity contribution >= 4 is 29.0 Å². The molecule has 1 fully saturated rings. The summed E-state index contributed by atoms with van der Waals surface area (Å²) in [6, 6.07) is 11.5. The fraction of sp³-hybridized carbons (Fsp3) is 0.267. The van der Waals surface area contributed by atoms with Crippen molar-refractivity contribution in [1.82, 2.24) is 4.98 Å². The summed E-state index contributed by atoms with van der Waals surface area (Å²) < 4.78 is 0. The molecule has 2 unspecified atom stereocenters. The molecule has 0 amide bonds. The highest BCUT2D eigenvalue weighted by Gasteiger charge is 2.33. The predicted molar refractivity (Wildman–Crippen MR) is 83.6 cm³/mol. The second kappa shape index (κ2) is 5.60. The number of benzene rings is 1. The molecule has 2 heterocycles. The Hall–Kier alpha value is -1.29. The monoisotopic (exact) mass is 307 g/mol. The predicted octanol–water partition coefficient (Wildman–Crippen LogP) is 3.32. The first-order valence-corrected chi connectivity index (χ1v) is 7.27. The molecule has 1 saturated heterocycles. The average molecular weight is 308 g/mol. The summed E-state index contributed by atoms with van der Waals surface area (Å²) in [5.74, 6) is 1.15. The van der Waals surface area contributed by atoms with Crippen molar-refractivity contribution < 1.29 is 0 Å². The minimum Gasteiger partial charge on any atom is -0.354 e. The highest BCUT2D eigenvalue weighted by molar-refractivity contribution is 6.35. The van der Waals surface area contributed by atoms with Gasteiger partial charge in [0.25, 0.3) is 0 Å². The van der Waals surface area contributed by atoms with Crippen LogP contribution >= 0.6 is 23.2 Å². The average Bonchev–Trinajstić information content (AvgIpc) is 2.82. The number of anilines is 1. The van der Waals surface area contributed by atoms with Crippen molar-refractivity contribution in [3.8, 4) is 0 Å². The van der Waals surface area contributed by atoms with E-state index < -0.39 is 0 Å². The smallest absolute Gasteiger partial charge is 0.128 e. The van der Waals surface area contributed by atoms with E-state index in [4.69, 9.17) is 28.9 Å². The third-order valence-electron chi connectivity index (χ3n) is 3.70. The minimum absolute atomic E-state index is 0.0377. The molecule has 0 radical (unpaired) electrons. The van der Waals surface area contributed by atoms with Gasteiger partial charge >= 0.3 is 0 Å². The number of nitrogens with two attached hydrogens (primary N) is 1. The van der Waals surface area contributed by atoms with E-state index in [2.05, 4.69) is 9.88 Å². The van der Waals surface area contributed by atoms with E-state index in [9.17, 15) is 0 Å². The van der Waals surface area contributed by atoms with Crippen LogP contribution in [0.2, 0.25) is 10.0 Å². The molecule has 0 bridgehead atoms. The Bertz CT molecular complexity index is 603. The van der Waals surface area contributed by atoms with Crippen LogP contribution in [0, 0.1) is 0 Å². The van der Waals surface area contributed by atoms with Crippen molar-refractivity contribution in [3.63, 3.8) is 0 Å².